The van der Waals surface area contributed by atoms with Crippen LogP contribution in [-0.4, -0.2) is 12.6 Å². The Bertz CT molecular complexity index is 668. The highest BCUT2D eigenvalue weighted by Gasteiger charge is 2.10. The zero-order valence-corrected chi connectivity index (χ0v) is 13.3. The van der Waals surface area contributed by atoms with E-state index in [1.165, 1.54) is 11.1 Å². The number of hydrogen-bond acceptors (Lipinski definition) is 4. The second-order valence-electron chi connectivity index (χ2n) is 4.84. The van der Waals surface area contributed by atoms with Crippen molar-refractivity contribution in [2.24, 2.45) is 0 Å². The second kappa shape index (κ2) is 6.68. The van der Waals surface area contributed by atoms with E-state index in [9.17, 15) is 4.79 Å². The summed E-state index contributed by atoms with van der Waals surface area (Å²) < 4.78 is 4.97. The Hall–Kier alpha value is -1.94. The second-order valence-corrected chi connectivity index (χ2v) is 5.93. The number of aryl methyl sites for hydroxylation is 2. The molecule has 4 heteroatoms. The molecule has 2 aromatic rings. The normalized spacial score (nSPS) is 10.4. The number of anilines is 1. The van der Waals surface area contributed by atoms with E-state index in [0.29, 0.717) is 17.9 Å². The van der Waals surface area contributed by atoms with E-state index < -0.39 is 0 Å². The molecule has 3 nitrogen and oxygen atoms in total. The van der Waals surface area contributed by atoms with Crippen molar-refractivity contribution in [3.8, 4) is 0 Å². The summed E-state index contributed by atoms with van der Waals surface area (Å²) in [6.45, 7) is 6.30. The van der Waals surface area contributed by atoms with E-state index in [2.05, 4.69) is 32.0 Å². The fraction of sp³-hybridized carbons (Fsp3) is 0.235. The van der Waals surface area contributed by atoms with Gasteiger partial charge in [-0.2, -0.15) is 0 Å². The molecule has 21 heavy (non-hydrogen) atoms. The number of hydrogen-bond donors (Lipinski definition) is 1. The molecule has 0 atom stereocenters. The van der Waals surface area contributed by atoms with E-state index >= 15 is 0 Å². The number of esters is 1. The molecule has 0 amide bonds. The third-order valence-electron chi connectivity index (χ3n) is 3.07. The fourth-order valence-electron chi connectivity index (χ4n) is 2.02. The van der Waals surface area contributed by atoms with Gasteiger partial charge in [-0.1, -0.05) is 29.5 Å². The molecular formula is C17H19NO2S. The predicted octanol–water partition coefficient (Wildman–Crippen LogP) is 4.21. The minimum absolute atomic E-state index is 0.340. The zero-order valence-electron chi connectivity index (χ0n) is 12.5. The molecule has 0 aromatic heterocycles. The molecule has 110 valence electrons. The number of nitrogens with two attached hydrogens (primary N) is 1. The van der Waals surface area contributed by atoms with Crippen LogP contribution in [0.25, 0.3) is 0 Å². The minimum Gasteiger partial charge on any atom is -0.462 e. The number of rotatable bonds is 4. The molecule has 0 saturated carbocycles. The quantitative estimate of drug-likeness (QED) is 0.679. The van der Waals surface area contributed by atoms with E-state index in [4.69, 9.17) is 10.5 Å². The van der Waals surface area contributed by atoms with Crippen molar-refractivity contribution in [1.29, 1.82) is 0 Å². The van der Waals surface area contributed by atoms with Crippen molar-refractivity contribution in [3.05, 3.63) is 53.1 Å². The first-order valence-electron chi connectivity index (χ1n) is 6.83. The molecule has 0 bridgehead atoms. The number of carbonyl (C=O) groups excluding carboxylic acids is 1. The molecule has 2 N–H and O–H groups in total. The first-order valence-corrected chi connectivity index (χ1v) is 7.64. The van der Waals surface area contributed by atoms with Gasteiger partial charge in [-0.15, -0.1) is 0 Å². The Morgan fingerprint density at radius 2 is 1.86 bits per heavy atom. The van der Waals surface area contributed by atoms with Crippen LogP contribution in [-0.2, 0) is 4.74 Å². The minimum atomic E-state index is -0.340. The topological polar surface area (TPSA) is 52.3 Å². The average molecular weight is 301 g/mol. The summed E-state index contributed by atoms with van der Waals surface area (Å²) in [7, 11) is 0. The van der Waals surface area contributed by atoms with E-state index in [1.807, 2.05) is 6.07 Å². The van der Waals surface area contributed by atoms with Crippen LogP contribution in [0, 0.1) is 13.8 Å². The van der Waals surface area contributed by atoms with Gasteiger partial charge < -0.3 is 10.5 Å². The molecule has 0 fully saturated rings. The molecule has 2 rings (SSSR count). The van der Waals surface area contributed by atoms with Gasteiger partial charge in [-0.3, -0.25) is 0 Å². The Morgan fingerprint density at radius 1 is 1.14 bits per heavy atom. The molecule has 0 radical (unpaired) electrons. The van der Waals surface area contributed by atoms with Crippen LogP contribution >= 0.6 is 11.8 Å². The number of carbonyl (C=O) groups is 1. The molecular weight excluding hydrogens is 282 g/mol. The summed E-state index contributed by atoms with van der Waals surface area (Å²) in [6, 6.07) is 11.6. The van der Waals surface area contributed by atoms with Gasteiger partial charge in [0.05, 0.1) is 12.2 Å². The van der Waals surface area contributed by atoms with Crippen LogP contribution in [0.1, 0.15) is 28.4 Å². The molecule has 2 aromatic carbocycles. The van der Waals surface area contributed by atoms with Gasteiger partial charge in [-0.05, 0) is 50.6 Å². The van der Waals surface area contributed by atoms with E-state index in [-0.39, 0.29) is 5.97 Å². The highest BCUT2D eigenvalue weighted by Crippen LogP contribution is 2.34. The maximum Gasteiger partial charge on any atom is 0.338 e. The Morgan fingerprint density at radius 3 is 2.48 bits per heavy atom. The van der Waals surface area contributed by atoms with Gasteiger partial charge >= 0.3 is 5.97 Å². The smallest absolute Gasteiger partial charge is 0.338 e. The molecule has 0 saturated heterocycles. The average Bonchev–Trinajstić information content (AvgIpc) is 2.44. The molecule has 0 heterocycles. The lowest BCUT2D eigenvalue weighted by molar-refractivity contribution is 0.0526. The number of ether oxygens (including phenoxy) is 1. The van der Waals surface area contributed by atoms with Crippen molar-refractivity contribution in [2.75, 3.05) is 12.3 Å². The molecule has 0 unspecified atom stereocenters. The van der Waals surface area contributed by atoms with Crippen molar-refractivity contribution < 1.29 is 9.53 Å². The zero-order chi connectivity index (χ0) is 15.4. The molecule has 0 spiro atoms. The largest absolute Gasteiger partial charge is 0.462 e. The summed E-state index contributed by atoms with van der Waals surface area (Å²) in [5, 5.41) is 0. The highest BCUT2D eigenvalue weighted by atomic mass is 32.2. The summed E-state index contributed by atoms with van der Waals surface area (Å²) in [5.41, 5.74) is 9.58. The Labute approximate surface area is 129 Å². The van der Waals surface area contributed by atoms with Crippen molar-refractivity contribution in [2.45, 2.75) is 30.6 Å². The third kappa shape index (κ3) is 3.79. The Balaban J connectivity index is 2.23. The van der Waals surface area contributed by atoms with Crippen LogP contribution in [0.2, 0.25) is 0 Å². The molecule has 0 aliphatic heterocycles. The fourth-order valence-corrected chi connectivity index (χ4v) is 2.92. The van der Waals surface area contributed by atoms with Crippen LogP contribution < -0.4 is 5.73 Å². The predicted molar refractivity (Wildman–Crippen MR) is 86.8 cm³/mol. The van der Waals surface area contributed by atoms with E-state index in [0.717, 1.165) is 9.79 Å². The summed E-state index contributed by atoms with van der Waals surface area (Å²) >= 11 is 1.61. The van der Waals surface area contributed by atoms with Crippen molar-refractivity contribution >= 4 is 23.4 Å². The van der Waals surface area contributed by atoms with Gasteiger partial charge in [0.1, 0.15) is 0 Å². The maximum absolute atomic E-state index is 11.7. The summed E-state index contributed by atoms with van der Waals surface area (Å²) in [5.74, 6) is -0.340. The number of benzene rings is 2. The monoisotopic (exact) mass is 301 g/mol. The van der Waals surface area contributed by atoms with Gasteiger partial charge in [0.15, 0.2) is 0 Å². The maximum atomic E-state index is 11.7. The van der Waals surface area contributed by atoms with Crippen LogP contribution in [0.15, 0.2) is 46.2 Å². The lowest BCUT2D eigenvalue weighted by Crippen LogP contribution is -2.05. The van der Waals surface area contributed by atoms with E-state index in [1.54, 1.807) is 30.8 Å². The Kier molecular flexibility index (Phi) is 4.91. The van der Waals surface area contributed by atoms with Gasteiger partial charge in [-0.25, -0.2) is 4.79 Å². The highest BCUT2D eigenvalue weighted by molar-refractivity contribution is 7.99. The third-order valence-corrected chi connectivity index (χ3v) is 4.34. The summed E-state index contributed by atoms with van der Waals surface area (Å²) in [6.07, 6.45) is 0. The van der Waals surface area contributed by atoms with Gasteiger partial charge in [0, 0.05) is 15.5 Å². The lowest BCUT2D eigenvalue weighted by atomic mass is 10.2. The summed E-state index contributed by atoms with van der Waals surface area (Å²) in [4.78, 5) is 13.8. The molecule has 0 aliphatic rings. The van der Waals surface area contributed by atoms with Crippen LogP contribution in [0.5, 0.6) is 0 Å². The SMILES string of the molecule is CCOC(=O)c1ccc(Sc2ccc(C)cc2C)c(N)c1. The lowest BCUT2D eigenvalue weighted by Gasteiger charge is -2.10. The van der Waals surface area contributed by atoms with Crippen LogP contribution in [0.3, 0.4) is 0 Å². The first kappa shape index (κ1) is 15.4. The van der Waals surface area contributed by atoms with Crippen molar-refractivity contribution in [1.82, 2.24) is 0 Å². The van der Waals surface area contributed by atoms with Gasteiger partial charge in [0.2, 0.25) is 0 Å². The number of nitrogen functional groups attached to an aromatic ring is 1. The van der Waals surface area contributed by atoms with Gasteiger partial charge in [0.25, 0.3) is 0 Å². The standard InChI is InChI=1S/C17H19NO2S/c1-4-20-17(19)13-6-8-16(14(18)10-13)21-15-7-5-11(2)9-12(15)3/h5-10H,4,18H2,1-3H3. The first-order chi connectivity index (χ1) is 10.0. The van der Waals surface area contributed by atoms with Crippen molar-refractivity contribution in [3.63, 3.8) is 0 Å². The van der Waals surface area contributed by atoms with Crippen LogP contribution in [0.4, 0.5) is 5.69 Å². The molecule has 0 aliphatic carbocycles.